The highest BCUT2D eigenvalue weighted by molar-refractivity contribution is 5.22. The second-order valence-electron chi connectivity index (χ2n) is 2.28. The van der Waals surface area contributed by atoms with E-state index in [4.69, 9.17) is 4.74 Å². The van der Waals surface area contributed by atoms with Gasteiger partial charge in [0, 0.05) is 0 Å². The van der Waals surface area contributed by atoms with Crippen LogP contribution in [0.1, 0.15) is 20.3 Å². The third kappa shape index (κ3) is 4.43. The van der Waals surface area contributed by atoms with Gasteiger partial charge in [0.1, 0.15) is 0 Å². The summed E-state index contributed by atoms with van der Waals surface area (Å²) in [5.74, 6) is 0.915. The van der Waals surface area contributed by atoms with Gasteiger partial charge in [-0.25, -0.2) is 0 Å². The summed E-state index contributed by atoms with van der Waals surface area (Å²) >= 11 is 0. The van der Waals surface area contributed by atoms with Crippen LogP contribution in [0.4, 0.5) is 0 Å². The van der Waals surface area contributed by atoms with Crippen molar-refractivity contribution in [3.63, 3.8) is 0 Å². The lowest BCUT2D eigenvalue weighted by Gasteiger charge is -1.96. The van der Waals surface area contributed by atoms with E-state index in [2.05, 4.69) is 13.5 Å². The van der Waals surface area contributed by atoms with Gasteiger partial charge in [0.15, 0.2) is 0 Å². The van der Waals surface area contributed by atoms with E-state index < -0.39 is 0 Å². The molecule has 0 saturated heterocycles. The zero-order valence-corrected chi connectivity index (χ0v) is 7.55. The Labute approximate surface area is 69.1 Å². The molecule has 0 unspecified atom stereocenters. The highest BCUT2D eigenvalue weighted by Crippen LogP contribution is 2.03. The van der Waals surface area contributed by atoms with Crippen molar-refractivity contribution in [2.45, 2.75) is 20.3 Å². The normalized spacial score (nSPS) is 13.0. The highest BCUT2D eigenvalue weighted by atomic mass is 16.5. The molecule has 0 N–H and O–H groups in total. The molecule has 1 nitrogen and oxygen atoms in total. The van der Waals surface area contributed by atoms with Crippen LogP contribution in [0.25, 0.3) is 0 Å². The number of hydrogen-bond donors (Lipinski definition) is 0. The summed E-state index contributed by atoms with van der Waals surface area (Å²) in [4.78, 5) is 0. The standard InChI is InChI=1S/C10H16O/c1-5-10(6-2)8-7-9(3)11-4/h5,7-8H,1,6H2,2-4H3/b9-7+,10-8-. The molecule has 0 saturated carbocycles. The average molecular weight is 152 g/mol. The topological polar surface area (TPSA) is 9.23 Å². The molecule has 0 aliphatic carbocycles. The molecule has 0 aliphatic rings. The van der Waals surface area contributed by atoms with Crippen LogP contribution >= 0.6 is 0 Å². The molecule has 0 amide bonds. The lowest BCUT2D eigenvalue weighted by atomic mass is 10.2. The number of allylic oxidation sites excluding steroid dienone is 5. The van der Waals surface area contributed by atoms with Crippen LogP contribution in [0, 0.1) is 0 Å². The van der Waals surface area contributed by atoms with Crippen molar-refractivity contribution >= 4 is 0 Å². The second-order valence-corrected chi connectivity index (χ2v) is 2.28. The van der Waals surface area contributed by atoms with Crippen LogP contribution in [-0.2, 0) is 4.74 Å². The summed E-state index contributed by atoms with van der Waals surface area (Å²) < 4.78 is 4.97. The maximum Gasteiger partial charge on any atom is 0.0924 e. The van der Waals surface area contributed by atoms with E-state index in [9.17, 15) is 0 Å². The Kier molecular flexibility index (Phi) is 5.26. The van der Waals surface area contributed by atoms with E-state index in [-0.39, 0.29) is 0 Å². The predicted molar refractivity (Wildman–Crippen MR) is 49.3 cm³/mol. The molecule has 0 fully saturated rings. The zero-order valence-electron chi connectivity index (χ0n) is 7.55. The van der Waals surface area contributed by atoms with Gasteiger partial charge in [0.25, 0.3) is 0 Å². The molecule has 0 radical (unpaired) electrons. The van der Waals surface area contributed by atoms with Gasteiger partial charge in [-0.2, -0.15) is 0 Å². The van der Waals surface area contributed by atoms with Crippen LogP contribution in [0.15, 0.2) is 36.1 Å². The summed E-state index contributed by atoms with van der Waals surface area (Å²) in [6.45, 7) is 7.72. The van der Waals surface area contributed by atoms with Crippen LogP contribution in [-0.4, -0.2) is 7.11 Å². The maximum absolute atomic E-state index is 4.97. The minimum absolute atomic E-state index is 0.915. The van der Waals surface area contributed by atoms with Crippen molar-refractivity contribution in [2.75, 3.05) is 7.11 Å². The lowest BCUT2D eigenvalue weighted by Crippen LogP contribution is -1.78. The Balaban J connectivity index is 4.17. The Morgan fingerprint density at radius 3 is 2.45 bits per heavy atom. The molecule has 0 spiro atoms. The second kappa shape index (κ2) is 5.78. The smallest absolute Gasteiger partial charge is 0.0924 e. The summed E-state index contributed by atoms with van der Waals surface area (Å²) in [5.41, 5.74) is 1.22. The minimum Gasteiger partial charge on any atom is -0.501 e. The molecule has 1 heteroatoms. The summed E-state index contributed by atoms with van der Waals surface area (Å²) in [5, 5.41) is 0. The molecule has 62 valence electrons. The van der Waals surface area contributed by atoms with Crippen molar-refractivity contribution in [1.29, 1.82) is 0 Å². The Bertz CT molecular complexity index is 175. The van der Waals surface area contributed by atoms with Gasteiger partial charge in [-0.05, 0) is 25.0 Å². The largest absolute Gasteiger partial charge is 0.501 e. The average Bonchev–Trinajstić information content (AvgIpc) is 2.06. The third-order valence-corrected chi connectivity index (χ3v) is 1.52. The van der Waals surface area contributed by atoms with Gasteiger partial charge >= 0.3 is 0 Å². The first-order chi connectivity index (χ1) is 5.24. The van der Waals surface area contributed by atoms with Crippen molar-refractivity contribution in [1.82, 2.24) is 0 Å². The summed E-state index contributed by atoms with van der Waals surface area (Å²) in [6, 6.07) is 0. The van der Waals surface area contributed by atoms with Crippen LogP contribution in [0.3, 0.4) is 0 Å². The fourth-order valence-corrected chi connectivity index (χ4v) is 0.623. The van der Waals surface area contributed by atoms with E-state index in [1.807, 2.05) is 25.2 Å². The predicted octanol–water partition coefficient (Wildman–Crippen LogP) is 3.06. The van der Waals surface area contributed by atoms with Crippen LogP contribution in [0.2, 0.25) is 0 Å². The third-order valence-electron chi connectivity index (χ3n) is 1.52. The van der Waals surface area contributed by atoms with E-state index in [1.165, 1.54) is 5.57 Å². The lowest BCUT2D eigenvalue weighted by molar-refractivity contribution is 0.294. The van der Waals surface area contributed by atoms with Crippen molar-refractivity contribution < 1.29 is 4.74 Å². The quantitative estimate of drug-likeness (QED) is 0.444. The van der Waals surface area contributed by atoms with Crippen molar-refractivity contribution in [3.8, 4) is 0 Å². The molecular formula is C10H16O. The number of methoxy groups -OCH3 is 1. The number of hydrogen-bond acceptors (Lipinski definition) is 1. The Morgan fingerprint density at radius 1 is 1.45 bits per heavy atom. The van der Waals surface area contributed by atoms with Gasteiger partial charge < -0.3 is 4.74 Å². The minimum atomic E-state index is 0.915. The number of ether oxygens (including phenoxy) is 1. The molecule has 0 aromatic rings. The zero-order chi connectivity index (χ0) is 8.69. The van der Waals surface area contributed by atoms with Gasteiger partial charge in [0.05, 0.1) is 12.9 Å². The van der Waals surface area contributed by atoms with Gasteiger partial charge in [-0.3, -0.25) is 0 Å². The fourth-order valence-electron chi connectivity index (χ4n) is 0.623. The van der Waals surface area contributed by atoms with E-state index in [0.717, 1.165) is 12.2 Å². The molecule has 0 aliphatic heterocycles. The van der Waals surface area contributed by atoms with Crippen molar-refractivity contribution in [2.24, 2.45) is 0 Å². The molecule has 0 aromatic heterocycles. The molecule has 0 heterocycles. The summed E-state index contributed by atoms with van der Waals surface area (Å²) in [6.07, 6.45) is 6.84. The molecule has 0 rings (SSSR count). The first-order valence-electron chi connectivity index (χ1n) is 3.78. The van der Waals surface area contributed by atoms with Gasteiger partial charge in [-0.1, -0.05) is 25.7 Å². The van der Waals surface area contributed by atoms with Crippen LogP contribution in [0.5, 0.6) is 0 Å². The molecule has 0 aromatic carbocycles. The maximum atomic E-state index is 4.97. The SMILES string of the molecule is C=C/C(=C/C=C(\C)OC)CC. The monoisotopic (exact) mass is 152 g/mol. The molecule has 0 atom stereocenters. The highest BCUT2D eigenvalue weighted by Gasteiger charge is 1.84. The Morgan fingerprint density at radius 2 is 2.09 bits per heavy atom. The van der Waals surface area contributed by atoms with E-state index in [1.54, 1.807) is 7.11 Å². The van der Waals surface area contributed by atoms with E-state index >= 15 is 0 Å². The van der Waals surface area contributed by atoms with Crippen LogP contribution < -0.4 is 0 Å². The summed E-state index contributed by atoms with van der Waals surface area (Å²) in [7, 11) is 1.67. The molecule has 11 heavy (non-hydrogen) atoms. The molecular weight excluding hydrogens is 136 g/mol. The molecule has 0 bridgehead atoms. The number of rotatable bonds is 4. The van der Waals surface area contributed by atoms with Gasteiger partial charge in [-0.15, -0.1) is 0 Å². The van der Waals surface area contributed by atoms with Crippen molar-refractivity contribution in [3.05, 3.63) is 36.1 Å². The fraction of sp³-hybridized carbons (Fsp3) is 0.400. The van der Waals surface area contributed by atoms with Gasteiger partial charge in [0.2, 0.25) is 0 Å². The van der Waals surface area contributed by atoms with E-state index in [0.29, 0.717) is 0 Å². The first kappa shape index (κ1) is 10.0. The Hall–Kier alpha value is -0.980. The first-order valence-corrected chi connectivity index (χ1v) is 3.78.